The van der Waals surface area contributed by atoms with E-state index >= 15 is 0 Å². The summed E-state index contributed by atoms with van der Waals surface area (Å²) in [4.78, 5) is 15.5. The van der Waals surface area contributed by atoms with E-state index in [-0.39, 0.29) is 25.3 Å². The first-order valence-corrected chi connectivity index (χ1v) is 15.5. The Kier molecular flexibility index (Phi) is 15.6. The van der Waals surface area contributed by atoms with Gasteiger partial charge in [-0.05, 0) is 24.8 Å². The molecule has 1 aliphatic heterocycles. The van der Waals surface area contributed by atoms with Crippen molar-refractivity contribution < 1.29 is 23.1 Å². The summed E-state index contributed by atoms with van der Waals surface area (Å²) in [7, 11) is -3.27. The van der Waals surface area contributed by atoms with E-state index in [1.165, 1.54) is 68.8 Å². The number of hydrogen-bond donors (Lipinski definition) is 1. The number of nitrogen functional groups attached to an aromatic ring is 1. The molecular formula is C26H48N3O6P. The molecule has 0 spiro atoms. The minimum Gasteiger partial charge on any atom is -0.383 e. The molecule has 0 amide bonds. The monoisotopic (exact) mass is 529 g/mol. The normalized spacial score (nSPS) is 20.2. The van der Waals surface area contributed by atoms with Crippen LogP contribution in [0.3, 0.4) is 0 Å². The Balaban J connectivity index is 1.37. The minimum atomic E-state index is -3.27. The first kappa shape index (κ1) is 31.0. The number of nitrogens with zero attached hydrogens (tertiary/aromatic N) is 2. The molecule has 1 aromatic rings. The summed E-state index contributed by atoms with van der Waals surface area (Å²) in [6.45, 7) is 6.57. The molecule has 0 aliphatic carbocycles. The van der Waals surface area contributed by atoms with Gasteiger partial charge in [-0.3, -0.25) is 9.13 Å². The molecule has 36 heavy (non-hydrogen) atoms. The van der Waals surface area contributed by atoms with Gasteiger partial charge in [0.15, 0.2) is 0 Å². The van der Waals surface area contributed by atoms with Crippen LogP contribution in [0.5, 0.6) is 0 Å². The van der Waals surface area contributed by atoms with Gasteiger partial charge in [0.05, 0.1) is 19.8 Å². The summed E-state index contributed by atoms with van der Waals surface area (Å²) >= 11 is 0. The fourth-order valence-electron chi connectivity index (χ4n) is 4.10. The topological polar surface area (TPSA) is 115 Å². The number of hydrogen-bond acceptors (Lipinski definition) is 8. The molecule has 208 valence electrons. The molecule has 1 fully saturated rings. The van der Waals surface area contributed by atoms with Gasteiger partial charge in [0.25, 0.3) is 0 Å². The predicted molar refractivity (Wildman–Crippen MR) is 143 cm³/mol. The summed E-state index contributed by atoms with van der Waals surface area (Å²) in [6, 6.07) is 1.54. The van der Waals surface area contributed by atoms with Crippen molar-refractivity contribution in [3.8, 4) is 0 Å². The number of anilines is 1. The van der Waals surface area contributed by atoms with Crippen molar-refractivity contribution in [3.63, 3.8) is 0 Å². The average molecular weight is 530 g/mol. The zero-order valence-corrected chi connectivity index (χ0v) is 23.3. The van der Waals surface area contributed by atoms with Gasteiger partial charge < -0.3 is 24.3 Å². The second-order valence-corrected chi connectivity index (χ2v) is 12.1. The quantitative estimate of drug-likeness (QED) is 0.167. The molecule has 2 N–H and O–H groups in total. The van der Waals surface area contributed by atoms with Crippen molar-refractivity contribution in [1.82, 2.24) is 9.55 Å². The zero-order valence-electron chi connectivity index (χ0n) is 22.4. The number of ether oxygens (including phenoxy) is 2. The van der Waals surface area contributed by atoms with Crippen LogP contribution in [0.4, 0.5) is 5.82 Å². The van der Waals surface area contributed by atoms with Crippen molar-refractivity contribution >= 4 is 13.4 Å². The van der Waals surface area contributed by atoms with Crippen molar-refractivity contribution in [2.45, 2.75) is 104 Å². The first-order chi connectivity index (χ1) is 17.4. The molecule has 0 radical (unpaired) electrons. The maximum Gasteiger partial charge on any atom is 0.356 e. The lowest BCUT2D eigenvalue weighted by Crippen LogP contribution is -2.35. The molecule has 2 rings (SSSR count). The van der Waals surface area contributed by atoms with Crippen LogP contribution in [-0.4, -0.2) is 48.4 Å². The van der Waals surface area contributed by atoms with Crippen LogP contribution in [0, 0.1) is 5.92 Å². The van der Waals surface area contributed by atoms with E-state index in [0.717, 1.165) is 18.9 Å². The molecule has 2 atom stereocenters. The molecule has 1 aromatic heterocycles. The summed E-state index contributed by atoms with van der Waals surface area (Å²) in [5, 5.41) is 0. The molecule has 1 aliphatic rings. The zero-order chi connectivity index (χ0) is 26.1. The van der Waals surface area contributed by atoms with E-state index in [1.807, 2.05) is 0 Å². The summed E-state index contributed by atoms with van der Waals surface area (Å²) in [6.07, 6.45) is 16.2. The summed E-state index contributed by atoms with van der Waals surface area (Å²) in [5.41, 5.74) is 5.04. The number of nitrogens with two attached hydrogens (primary N) is 1. The van der Waals surface area contributed by atoms with E-state index in [0.29, 0.717) is 19.6 Å². The third kappa shape index (κ3) is 13.9. The van der Waals surface area contributed by atoms with Gasteiger partial charge in [-0.15, -0.1) is 0 Å². The predicted octanol–water partition coefficient (Wildman–Crippen LogP) is 5.76. The van der Waals surface area contributed by atoms with Crippen LogP contribution in [-0.2, 0) is 29.6 Å². The van der Waals surface area contributed by atoms with Crippen LogP contribution in [0.15, 0.2) is 17.1 Å². The molecule has 10 heteroatoms. The highest BCUT2D eigenvalue weighted by Crippen LogP contribution is 2.50. The fraction of sp³-hybridized carbons (Fsp3) is 0.846. The van der Waals surface area contributed by atoms with Crippen LogP contribution < -0.4 is 11.4 Å². The summed E-state index contributed by atoms with van der Waals surface area (Å²) in [5.74, 6) is 1.01. The molecule has 1 saturated heterocycles. The first-order valence-electron chi connectivity index (χ1n) is 13.8. The number of aromatic nitrogens is 2. The van der Waals surface area contributed by atoms with Gasteiger partial charge in [-0.1, -0.05) is 78.1 Å². The number of rotatable bonds is 20. The minimum absolute atomic E-state index is 0.0862. The Morgan fingerprint density at radius 1 is 1.03 bits per heavy atom. The van der Waals surface area contributed by atoms with Gasteiger partial charge in [0.2, 0.25) is 0 Å². The van der Waals surface area contributed by atoms with Gasteiger partial charge in [-0.2, -0.15) is 4.98 Å². The highest BCUT2D eigenvalue weighted by Gasteiger charge is 2.33. The molecule has 2 heterocycles. The van der Waals surface area contributed by atoms with Crippen LogP contribution in [0.2, 0.25) is 0 Å². The van der Waals surface area contributed by atoms with Gasteiger partial charge in [-0.25, -0.2) is 4.79 Å². The molecule has 0 bridgehead atoms. The van der Waals surface area contributed by atoms with Crippen LogP contribution in [0.1, 0.15) is 90.9 Å². The lowest BCUT2D eigenvalue weighted by atomic mass is 10.0. The number of unbranched alkanes of at least 4 members (excludes halogenated alkanes) is 9. The van der Waals surface area contributed by atoms with Crippen molar-refractivity contribution in [3.05, 3.63) is 22.7 Å². The maximum absolute atomic E-state index is 12.6. The summed E-state index contributed by atoms with van der Waals surface area (Å²) < 4.78 is 36.2. The van der Waals surface area contributed by atoms with Gasteiger partial charge in [0, 0.05) is 19.4 Å². The maximum atomic E-state index is 12.6. The van der Waals surface area contributed by atoms with Crippen LogP contribution >= 0.6 is 7.60 Å². The smallest absolute Gasteiger partial charge is 0.356 e. The second-order valence-electron chi connectivity index (χ2n) is 10.1. The standard InChI is InChI=1S/C26H48N3O6P/c1-23(2)14-11-9-7-5-3-4-6-8-10-12-17-32-18-13-19-34-36(31)22-33-24(21-35-36)20-29-16-15-25(27)28-26(29)30/h15-16,23-24H,3-14,17-22H2,1-2H3,(H2,27,28,30)/t24-,36?/m0/s1. The lowest BCUT2D eigenvalue weighted by Gasteiger charge is -2.29. The largest absolute Gasteiger partial charge is 0.383 e. The van der Waals surface area contributed by atoms with Crippen molar-refractivity contribution in [2.75, 3.05) is 38.5 Å². The van der Waals surface area contributed by atoms with Gasteiger partial charge >= 0.3 is 13.3 Å². The fourth-order valence-corrected chi connectivity index (χ4v) is 5.51. The highest BCUT2D eigenvalue weighted by molar-refractivity contribution is 7.53. The van der Waals surface area contributed by atoms with Gasteiger partial charge in [0.1, 0.15) is 18.3 Å². The molecule has 0 saturated carbocycles. The second kappa shape index (κ2) is 18.1. The van der Waals surface area contributed by atoms with E-state index in [9.17, 15) is 9.36 Å². The molecule has 0 aromatic carbocycles. The van der Waals surface area contributed by atoms with Crippen LogP contribution in [0.25, 0.3) is 0 Å². The third-order valence-electron chi connectivity index (χ3n) is 6.26. The molecular weight excluding hydrogens is 481 g/mol. The Bertz CT molecular complexity index is 807. The Morgan fingerprint density at radius 2 is 1.67 bits per heavy atom. The molecule has 9 nitrogen and oxygen atoms in total. The Hall–Kier alpha value is -1.25. The molecule has 1 unspecified atom stereocenters. The van der Waals surface area contributed by atoms with E-state index in [4.69, 9.17) is 24.3 Å². The van der Waals surface area contributed by atoms with Crippen molar-refractivity contribution in [1.29, 1.82) is 0 Å². The third-order valence-corrected chi connectivity index (χ3v) is 7.85. The Morgan fingerprint density at radius 3 is 2.28 bits per heavy atom. The van der Waals surface area contributed by atoms with Crippen molar-refractivity contribution in [2.24, 2.45) is 5.92 Å². The Labute approximate surface area is 217 Å². The highest BCUT2D eigenvalue weighted by atomic mass is 31.2. The van der Waals surface area contributed by atoms with E-state index in [1.54, 1.807) is 12.3 Å². The lowest BCUT2D eigenvalue weighted by molar-refractivity contribution is -0.0154. The average Bonchev–Trinajstić information content (AvgIpc) is 2.84. The SMILES string of the molecule is CC(C)CCCCCCCCCCCCOCCCOP1(=O)CO[C@@H](Cn2ccc(N)nc2=O)CO1. The van der Waals surface area contributed by atoms with E-state index in [2.05, 4.69) is 18.8 Å². The van der Waals surface area contributed by atoms with E-state index < -0.39 is 19.4 Å².